The number of ether oxygens (including phenoxy) is 2. The van der Waals surface area contributed by atoms with Gasteiger partial charge in [0.1, 0.15) is 0 Å². The fourth-order valence-corrected chi connectivity index (χ4v) is 3.29. The van der Waals surface area contributed by atoms with E-state index < -0.39 is 11.9 Å². The van der Waals surface area contributed by atoms with E-state index in [1.807, 2.05) is 24.3 Å². The van der Waals surface area contributed by atoms with E-state index in [9.17, 15) is 10.2 Å². The van der Waals surface area contributed by atoms with Crippen LogP contribution in [-0.2, 0) is 5.60 Å². The maximum absolute atomic E-state index is 10.8. The van der Waals surface area contributed by atoms with Crippen molar-refractivity contribution in [3.05, 3.63) is 54.4 Å². The van der Waals surface area contributed by atoms with Crippen molar-refractivity contribution < 1.29 is 19.7 Å². The van der Waals surface area contributed by atoms with Gasteiger partial charge in [-0.05, 0) is 31.0 Å². The molecule has 0 spiro atoms. The number of aliphatic hydroxyl groups excluding tert-OH is 1. The maximum atomic E-state index is 10.8. The molecule has 2 N–H and O–H groups in total. The minimum atomic E-state index is -0.898. The average Bonchev–Trinajstić information content (AvgIpc) is 2.69. The molecule has 1 aromatic heterocycles. The van der Waals surface area contributed by atoms with Crippen LogP contribution in [0.1, 0.15) is 24.8 Å². The van der Waals surface area contributed by atoms with Crippen molar-refractivity contribution in [1.82, 2.24) is 9.88 Å². The molecule has 1 unspecified atom stereocenters. The second-order valence-electron chi connectivity index (χ2n) is 6.63. The van der Waals surface area contributed by atoms with Gasteiger partial charge in [-0.2, -0.15) is 0 Å². The van der Waals surface area contributed by atoms with Crippen LogP contribution in [0.4, 0.5) is 0 Å². The first-order chi connectivity index (χ1) is 12.6. The van der Waals surface area contributed by atoms with E-state index in [2.05, 4.69) is 9.88 Å². The lowest BCUT2D eigenvalue weighted by Crippen LogP contribution is -2.43. The lowest BCUT2D eigenvalue weighted by Gasteiger charge is -2.38. The lowest BCUT2D eigenvalue weighted by molar-refractivity contribution is -0.0483. The second kappa shape index (κ2) is 8.49. The number of piperidine rings is 1. The van der Waals surface area contributed by atoms with Gasteiger partial charge in [0.2, 0.25) is 0 Å². The highest BCUT2D eigenvalue weighted by atomic mass is 16.6. The van der Waals surface area contributed by atoms with Crippen LogP contribution < -0.4 is 9.47 Å². The van der Waals surface area contributed by atoms with E-state index in [-0.39, 0.29) is 0 Å². The van der Waals surface area contributed by atoms with E-state index in [4.69, 9.17) is 9.47 Å². The van der Waals surface area contributed by atoms with E-state index in [0.717, 1.165) is 18.7 Å². The van der Waals surface area contributed by atoms with Gasteiger partial charge in [-0.25, -0.2) is 0 Å². The molecule has 0 aliphatic carbocycles. The standard InChI is InChI=1S/C20H26N2O4/c1-25-17-6-2-3-7-18(17)26-19(23)8-12-22-13-9-20(24,10-14-22)16-5-4-11-21-15-16/h2-7,11,15,19,23-24H,8-10,12-14H2,1H3. The molecular formula is C20H26N2O4. The van der Waals surface area contributed by atoms with Crippen LogP contribution in [-0.4, -0.2) is 53.1 Å². The summed E-state index contributed by atoms with van der Waals surface area (Å²) in [5.41, 5.74) is 0.0660. The Bertz CT molecular complexity index is 687. The van der Waals surface area contributed by atoms with Crippen molar-refractivity contribution >= 4 is 0 Å². The van der Waals surface area contributed by atoms with E-state index in [1.165, 1.54) is 0 Å². The van der Waals surface area contributed by atoms with Gasteiger partial charge in [0, 0.05) is 44.0 Å². The van der Waals surface area contributed by atoms with Gasteiger partial charge in [0.05, 0.1) is 12.7 Å². The zero-order valence-electron chi connectivity index (χ0n) is 15.0. The molecule has 6 heteroatoms. The summed E-state index contributed by atoms with van der Waals surface area (Å²) < 4.78 is 10.8. The van der Waals surface area contributed by atoms with Gasteiger partial charge < -0.3 is 24.6 Å². The first-order valence-electron chi connectivity index (χ1n) is 8.94. The van der Waals surface area contributed by atoms with Crippen molar-refractivity contribution in [3.63, 3.8) is 0 Å². The highest BCUT2D eigenvalue weighted by Crippen LogP contribution is 2.32. The first kappa shape index (κ1) is 18.6. The summed E-state index contributed by atoms with van der Waals surface area (Å²) >= 11 is 0. The largest absolute Gasteiger partial charge is 0.493 e. The number of nitrogens with zero attached hydrogens (tertiary/aromatic N) is 2. The molecule has 2 heterocycles. The third-order valence-electron chi connectivity index (χ3n) is 4.91. The zero-order chi connectivity index (χ0) is 18.4. The summed E-state index contributed by atoms with van der Waals surface area (Å²) in [5, 5.41) is 21.0. The van der Waals surface area contributed by atoms with Gasteiger partial charge in [0.15, 0.2) is 17.8 Å². The predicted molar refractivity (Wildman–Crippen MR) is 98.1 cm³/mol. The van der Waals surface area contributed by atoms with Crippen LogP contribution in [0.5, 0.6) is 11.5 Å². The fraction of sp³-hybridized carbons (Fsp3) is 0.450. The molecule has 3 rings (SSSR count). The fourth-order valence-electron chi connectivity index (χ4n) is 3.29. The number of aromatic nitrogens is 1. The first-order valence-corrected chi connectivity index (χ1v) is 8.94. The molecule has 1 aromatic carbocycles. The number of methoxy groups -OCH3 is 1. The van der Waals surface area contributed by atoms with Crippen molar-refractivity contribution in [2.24, 2.45) is 0 Å². The molecule has 0 radical (unpaired) electrons. The Kier molecular flexibility index (Phi) is 6.08. The van der Waals surface area contributed by atoms with Crippen molar-refractivity contribution in [2.45, 2.75) is 31.2 Å². The average molecular weight is 358 g/mol. The SMILES string of the molecule is COc1ccccc1OC(O)CCN1CCC(O)(c2cccnc2)CC1. The summed E-state index contributed by atoms with van der Waals surface area (Å²) in [4.78, 5) is 6.34. The van der Waals surface area contributed by atoms with Crippen LogP contribution in [0.25, 0.3) is 0 Å². The lowest BCUT2D eigenvalue weighted by atomic mass is 9.85. The van der Waals surface area contributed by atoms with E-state index in [1.54, 1.807) is 31.6 Å². The molecule has 1 aliphatic rings. The van der Waals surface area contributed by atoms with Gasteiger partial charge in [-0.1, -0.05) is 18.2 Å². The molecule has 1 fully saturated rings. The molecule has 6 nitrogen and oxygen atoms in total. The summed E-state index contributed by atoms with van der Waals surface area (Å²) in [5.74, 6) is 1.14. The molecule has 1 saturated heterocycles. The third-order valence-corrected chi connectivity index (χ3v) is 4.91. The number of aliphatic hydroxyl groups is 2. The Balaban J connectivity index is 1.46. The Hall–Kier alpha value is -2.15. The topological polar surface area (TPSA) is 75.0 Å². The highest BCUT2D eigenvalue weighted by molar-refractivity contribution is 5.39. The molecular weight excluding hydrogens is 332 g/mol. The van der Waals surface area contributed by atoms with Crippen LogP contribution in [0.3, 0.4) is 0 Å². The number of benzene rings is 1. The summed E-state index contributed by atoms with van der Waals surface area (Å²) in [7, 11) is 1.58. The maximum Gasteiger partial charge on any atom is 0.198 e. The van der Waals surface area contributed by atoms with Crippen LogP contribution in [0.2, 0.25) is 0 Å². The Morgan fingerprint density at radius 3 is 2.54 bits per heavy atom. The molecule has 0 saturated carbocycles. The Morgan fingerprint density at radius 1 is 1.15 bits per heavy atom. The second-order valence-corrected chi connectivity index (χ2v) is 6.63. The number of pyridine rings is 1. The Morgan fingerprint density at radius 2 is 1.88 bits per heavy atom. The Labute approximate surface area is 154 Å². The van der Waals surface area contributed by atoms with Gasteiger partial charge >= 0.3 is 0 Å². The third kappa shape index (κ3) is 4.52. The molecule has 26 heavy (non-hydrogen) atoms. The van der Waals surface area contributed by atoms with E-state index in [0.29, 0.717) is 37.3 Å². The molecule has 140 valence electrons. The number of hydrogen-bond donors (Lipinski definition) is 2. The van der Waals surface area contributed by atoms with Crippen molar-refractivity contribution in [2.75, 3.05) is 26.7 Å². The van der Waals surface area contributed by atoms with Crippen LogP contribution in [0, 0.1) is 0 Å². The minimum Gasteiger partial charge on any atom is -0.493 e. The molecule has 2 aromatic rings. The summed E-state index contributed by atoms with van der Waals surface area (Å²) in [6.45, 7) is 2.25. The van der Waals surface area contributed by atoms with Gasteiger partial charge in [0.25, 0.3) is 0 Å². The smallest absolute Gasteiger partial charge is 0.198 e. The quantitative estimate of drug-likeness (QED) is 0.739. The normalized spacial score (nSPS) is 18.3. The molecule has 0 bridgehead atoms. The van der Waals surface area contributed by atoms with E-state index >= 15 is 0 Å². The van der Waals surface area contributed by atoms with Crippen molar-refractivity contribution in [1.29, 1.82) is 0 Å². The number of likely N-dealkylation sites (tertiary alicyclic amines) is 1. The molecule has 1 atom stereocenters. The minimum absolute atomic E-state index is 0.489. The number of para-hydroxylation sites is 2. The molecule has 1 aliphatic heterocycles. The zero-order valence-corrected chi connectivity index (χ0v) is 15.0. The molecule has 0 amide bonds. The monoisotopic (exact) mass is 358 g/mol. The summed E-state index contributed by atoms with van der Waals surface area (Å²) in [6.07, 6.45) is 4.35. The predicted octanol–water partition coefficient (Wildman–Crippen LogP) is 2.16. The van der Waals surface area contributed by atoms with Crippen LogP contribution >= 0.6 is 0 Å². The van der Waals surface area contributed by atoms with Gasteiger partial charge in [-0.3, -0.25) is 4.98 Å². The number of hydrogen-bond acceptors (Lipinski definition) is 6. The van der Waals surface area contributed by atoms with Crippen molar-refractivity contribution in [3.8, 4) is 11.5 Å². The van der Waals surface area contributed by atoms with Crippen LogP contribution in [0.15, 0.2) is 48.8 Å². The number of rotatable bonds is 7. The highest BCUT2D eigenvalue weighted by Gasteiger charge is 2.34. The summed E-state index contributed by atoms with van der Waals surface area (Å²) in [6, 6.07) is 11.0. The van der Waals surface area contributed by atoms with Gasteiger partial charge in [-0.15, -0.1) is 0 Å².